The fourth-order valence-corrected chi connectivity index (χ4v) is 3.32. The van der Waals surface area contributed by atoms with Crippen LogP contribution in [0.25, 0.3) is 0 Å². The number of hydrogen-bond acceptors (Lipinski definition) is 5. The Morgan fingerprint density at radius 1 is 1.21 bits per heavy atom. The highest BCUT2D eigenvalue weighted by Crippen LogP contribution is 2.34. The van der Waals surface area contributed by atoms with Crippen LogP contribution in [0.3, 0.4) is 0 Å². The number of nitro groups is 1. The molecule has 0 bridgehead atoms. The van der Waals surface area contributed by atoms with Crippen molar-refractivity contribution in [2.24, 2.45) is 0 Å². The Morgan fingerprint density at radius 2 is 1.93 bits per heavy atom. The van der Waals surface area contributed by atoms with Gasteiger partial charge in [-0.05, 0) is 31.5 Å². The molecule has 0 aliphatic carbocycles. The van der Waals surface area contributed by atoms with Crippen LogP contribution in [0.1, 0.15) is 37.0 Å². The molecule has 0 aliphatic rings. The summed E-state index contributed by atoms with van der Waals surface area (Å²) >= 11 is 1.00. The number of carbonyl (C=O) groups excluding carboxylic acids is 2. The first-order valence-corrected chi connectivity index (χ1v) is 9.91. The van der Waals surface area contributed by atoms with Gasteiger partial charge in [0.15, 0.2) is 0 Å². The first-order valence-electron chi connectivity index (χ1n) is 9.10. The maximum atomic E-state index is 14.0. The summed E-state index contributed by atoms with van der Waals surface area (Å²) in [4.78, 5) is 35.6. The number of hydrogen-bond donors (Lipinski definition) is 2. The number of nitrogens with one attached hydrogen (secondary N) is 2. The van der Waals surface area contributed by atoms with Crippen molar-refractivity contribution in [3.8, 4) is 0 Å². The van der Waals surface area contributed by atoms with Gasteiger partial charge in [0.1, 0.15) is 5.82 Å². The van der Waals surface area contributed by atoms with E-state index < -0.39 is 16.6 Å². The monoisotopic (exact) mass is 419 g/mol. The van der Waals surface area contributed by atoms with Gasteiger partial charge in [-0.3, -0.25) is 19.7 Å². The Labute approximate surface area is 172 Å². The largest absolute Gasteiger partial charge is 0.354 e. The van der Waals surface area contributed by atoms with E-state index in [1.54, 1.807) is 18.2 Å². The Kier molecular flexibility index (Phi) is 8.14. The minimum absolute atomic E-state index is 0.0405. The molecule has 1 atom stereocenters. The average Bonchev–Trinajstić information content (AvgIpc) is 2.69. The van der Waals surface area contributed by atoms with Crippen LogP contribution in [0.5, 0.6) is 0 Å². The zero-order valence-electron chi connectivity index (χ0n) is 16.1. The third-order valence-electron chi connectivity index (χ3n) is 4.13. The van der Waals surface area contributed by atoms with E-state index in [0.29, 0.717) is 9.79 Å². The number of rotatable bonds is 9. The summed E-state index contributed by atoms with van der Waals surface area (Å²) < 4.78 is 14.0. The Balaban J connectivity index is 2.14. The third kappa shape index (κ3) is 6.56. The van der Waals surface area contributed by atoms with Gasteiger partial charge in [-0.2, -0.15) is 0 Å². The van der Waals surface area contributed by atoms with Crippen molar-refractivity contribution in [3.05, 3.63) is 64.0 Å². The van der Waals surface area contributed by atoms with Crippen LogP contribution in [0.2, 0.25) is 0 Å². The van der Waals surface area contributed by atoms with Gasteiger partial charge in [-0.15, -0.1) is 0 Å². The number of non-ortho nitro benzene ring substituents is 1. The molecule has 2 amide bonds. The van der Waals surface area contributed by atoms with Crippen LogP contribution in [0, 0.1) is 15.9 Å². The predicted octanol–water partition coefficient (Wildman–Crippen LogP) is 3.92. The summed E-state index contributed by atoms with van der Waals surface area (Å²) in [5.41, 5.74) is -0.197. The van der Waals surface area contributed by atoms with Gasteiger partial charge in [-0.1, -0.05) is 30.8 Å². The highest BCUT2D eigenvalue weighted by atomic mass is 32.2. The number of halogens is 1. The molecule has 0 spiro atoms. The number of benzene rings is 2. The van der Waals surface area contributed by atoms with Crippen molar-refractivity contribution in [2.45, 2.75) is 42.5 Å². The fourth-order valence-electron chi connectivity index (χ4n) is 2.38. The first-order chi connectivity index (χ1) is 13.8. The normalized spacial score (nSPS) is 11.6. The summed E-state index contributed by atoms with van der Waals surface area (Å²) in [6, 6.07) is 9.93. The maximum absolute atomic E-state index is 14.0. The second-order valence-electron chi connectivity index (χ2n) is 6.35. The molecule has 0 radical (unpaired) electrons. The topological polar surface area (TPSA) is 101 Å². The molecule has 2 aromatic carbocycles. The fraction of sp³-hybridized carbons (Fsp3) is 0.300. The van der Waals surface area contributed by atoms with Crippen LogP contribution in [0.15, 0.2) is 52.3 Å². The molecule has 2 aromatic rings. The minimum Gasteiger partial charge on any atom is -0.354 e. The van der Waals surface area contributed by atoms with Crippen molar-refractivity contribution in [1.82, 2.24) is 10.6 Å². The lowest BCUT2D eigenvalue weighted by atomic mass is 10.2. The van der Waals surface area contributed by atoms with Crippen molar-refractivity contribution < 1.29 is 18.9 Å². The van der Waals surface area contributed by atoms with Crippen LogP contribution < -0.4 is 10.6 Å². The van der Waals surface area contributed by atoms with E-state index in [-0.39, 0.29) is 36.2 Å². The van der Waals surface area contributed by atoms with Gasteiger partial charge in [0, 0.05) is 40.9 Å². The summed E-state index contributed by atoms with van der Waals surface area (Å²) in [6.45, 7) is 3.91. The number of amides is 2. The molecular weight excluding hydrogens is 397 g/mol. The summed E-state index contributed by atoms with van der Waals surface area (Å²) in [5, 5.41) is 16.5. The molecule has 2 rings (SSSR count). The Bertz CT molecular complexity index is 907. The molecular formula is C20H22FN3O4S. The van der Waals surface area contributed by atoms with Gasteiger partial charge < -0.3 is 10.6 Å². The van der Waals surface area contributed by atoms with Gasteiger partial charge in [0.25, 0.3) is 11.6 Å². The van der Waals surface area contributed by atoms with Crippen molar-refractivity contribution in [2.75, 3.05) is 6.54 Å². The smallest absolute Gasteiger partial charge is 0.270 e. The minimum atomic E-state index is -0.603. The molecule has 0 fully saturated rings. The molecule has 0 saturated heterocycles. The SMILES string of the molecule is CCC(C)NC(=O)CCNC(=O)c1cc([N+](=O)[O-])ccc1Sc1ccccc1F. The summed E-state index contributed by atoms with van der Waals surface area (Å²) in [7, 11) is 0. The van der Waals surface area contributed by atoms with Crippen LogP contribution in [0.4, 0.5) is 10.1 Å². The van der Waals surface area contributed by atoms with Gasteiger partial charge >= 0.3 is 0 Å². The van der Waals surface area contributed by atoms with E-state index >= 15 is 0 Å². The number of carbonyl (C=O) groups is 2. The molecule has 0 heterocycles. The molecule has 9 heteroatoms. The van der Waals surface area contributed by atoms with Crippen LogP contribution in [-0.4, -0.2) is 29.3 Å². The lowest BCUT2D eigenvalue weighted by Gasteiger charge is -2.12. The van der Waals surface area contributed by atoms with E-state index in [2.05, 4.69) is 10.6 Å². The number of nitro benzene ring substituents is 1. The second-order valence-corrected chi connectivity index (χ2v) is 7.44. The van der Waals surface area contributed by atoms with Crippen molar-refractivity contribution >= 4 is 29.3 Å². The molecule has 2 N–H and O–H groups in total. The predicted molar refractivity (Wildman–Crippen MR) is 108 cm³/mol. The van der Waals surface area contributed by atoms with E-state index in [9.17, 15) is 24.1 Å². The molecule has 7 nitrogen and oxygen atoms in total. The van der Waals surface area contributed by atoms with E-state index in [1.165, 1.54) is 18.2 Å². The highest BCUT2D eigenvalue weighted by Gasteiger charge is 2.19. The average molecular weight is 419 g/mol. The lowest BCUT2D eigenvalue weighted by molar-refractivity contribution is -0.384. The molecule has 29 heavy (non-hydrogen) atoms. The zero-order chi connectivity index (χ0) is 21.4. The quantitative estimate of drug-likeness (QED) is 0.474. The molecule has 1 unspecified atom stereocenters. The first kappa shape index (κ1) is 22.4. The van der Waals surface area contributed by atoms with E-state index in [1.807, 2.05) is 13.8 Å². The van der Waals surface area contributed by atoms with Gasteiger partial charge in [0.2, 0.25) is 5.91 Å². The molecule has 0 aliphatic heterocycles. The standard InChI is InChI=1S/C20H22FN3O4S/c1-3-13(2)23-19(25)10-11-22-20(26)15-12-14(24(27)28)8-9-17(15)29-18-7-5-4-6-16(18)21/h4-9,12-13H,3,10-11H2,1-2H3,(H,22,26)(H,23,25). The summed E-state index contributed by atoms with van der Waals surface area (Å²) in [6.07, 6.45) is 0.878. The maximum Gasteiger partial charge on any atom is 0.270 e. The Hall–Kier alpha value is -2.94. The van der Waals surface area contributed by atoms with Crippen LogP contribution in [-0.2, 0) is 4.79 Å². The number of nitrogens with zero attached hydrogens (tertiary/aromatic N) is 1. The second kappa shape index (κ2) is 10.6. The van der Waals surface area contributed by atoms with Crippen molar-refractivity contribution in [3.63, 3.8) is 0 Å². The summed E-state index contributed by atoms with van der Waals surface area (Å²) in [5.74, 6) is -1.22. The third-order valence-corrected chi connectivity index (χ3v) is 5.26. The Morgan fingerprint density at radius 3 is 2.59 bits per heavy atom. The van der Waals surface area contributed by atoms with Gasteiger partial charge in [-0.25, -0.2) is 4.39 Å². The van der Waals surface area contributed by atoms with Crippen molar-refractivity contribution in [1.29, 1.82) is 0 Å². The zero-order valence-corrected chi connectivity index (χ0v) is 16.9. The lowest BCUT2D eigenvalue weighted by Crippen LogP contribution is -2.35. The molecule has 0 aromatic heterocycles. The molecule has 154 valence electrons. The van der Waals surface area contributed by atoms with Crippen LogP contribution >= 0.6 is 11.8 Å². The van der Waals surface area contributed by atoms with E-state index in [4.69, 9.17) is 0 Å². The highest BCUT2D eigenvalue weighted by molar-refractivity contribution is 7.99. The van der Waals surface area contributed by atoms with E-state index in [0.717, 1.165) is 24.2 Å². The molecule has 0 saturated carbocycles. The van der Waals surface area contributed by atoms with Gasteiger partial charge in [0.05, 0.1) is 10.5 Å².